The fraction of sp³-hybridized carbons (Fsp3) is 0.429. The van der Waals surface area contributed by atoms with E-state index in [9.17, 15) is 0 Å². The number of nitrogens with two attached hydrogens (primary N) is 1. The summed E-state index contributed by atoms with van der Waals surface area (Å²) in [5.74, 6) is 0. The molecular weight excluding hydrogens is 223 g/mol. The maximum Gasteiger partial charge on any atom is 0.154 e. The van der Waals surface area contributed by atoms with E-state index in [0.717, 1.165) is 24.2 Å². The molecule has 3 nitrogen and oxygen atoms in total. The van der Waals surface area contributed by atoms with Crippen molar-refractivity contribution in [2.24, 2.45) is 0 Å². The highest BCUT2D eigenvalue weighted by Crippen LogP contribution is 2.17. The number of anilines is 1. The Hall–Kier alpha value is -1.42. The van der Waals surface area contributed by atoms with Crippen molar-refractivity contribution in [2.75, 3.05) is 12.3 Å². The zero-order valence-electron chi connectivity index (χ0n) is 11.6. The van der Waals surface area contributed by atoms with Crippen LogP contribution in [0.1, 0.15) is 25.8 Å². The van der Waals surface area contributed by atoms with Crippen LogP contribution in [0.2, 0.25) is 6.82 Å². The van der Waals surface area contributed by atoms with Crippen LogP contribution in [0.4, 0.5) is 5.69 Å². The Morgan fingerprint density at radius 3 is 2.67 bits per heavy atom. The second-order valence-electron chi connectivity index (χ2n) is 5.28. The smallest absolute Gasteiger partial charge is 0.154 e. The molecule has 0 amide bonds. The summed E-state index contributed by atoms with van der Waals surface area (Å²) in [6.07, 6.45) is 0.676. The molecule has 1 aromatic rings. The lowest BCUT2D eigenvalue weighted by Crippen LogP contribution is -2.38. The number of aliphatic hydroxyl groups excluding tert-OH is 1. The number of nitrogen functional groups attached to an aromatic ring is 1. The molecule has 1 aromatic carbocycles. The van der Waals surface area contributed by atoms with Gasteiger partial charge in [-0.25, -0.2) is 0 Å². The highest BCUT2D eigenvalue weighted by atomic mass is 16.3. The first-order valence-corrected chi connectivity index (χ1v) is 6.35. The van der Waals surface area contributed by atoms with Crippen molar-refractivity contribution in [3.8, 4) is 0 Å². The van der Waals surface area contributed by atoms with Gasteiger partial charge in [-0.15, -0.1) is 0 Å². The summed E-state index contributed by atoms with van der Waals surface area (Å²) in [4.78, 5) is 0. The van der Waals surface area contributed by atoms with E-state index >= 15 is 0 Å². The number of hydrogen-bond acceptors (Lipinski definition) is 3. The van der Waals surface area contributed by atoms with Crippen LogP contribution >= 0.6 is 0 Å². The number of benzene rings is 1. The predicted molar refractivity (Wildman–Crippen MR) is 81.5 cm³/mol. The van der Waals surface area contributed by atoms with Crippen molar-refractivity contribution in [2.45, 2.75) is 32.6 Å². The second kappa shape index (κ2) is 5.96. The van der Waals surface area contributed by atoms with Gasteiger partial charge in [0.15, 0.2) is 7.28 Å². The van der Waals surface area contributed by atoms with Gasteiger partial charge in [0.25, 0.3) is 0 Å². The maximum absolute atomic E-state index is 9.02. The molecule has 0 aromatic heterocycles. The largest absolute Gasteiger partial charge is 0.399 e. The molecule has 0 aliphatic rings. The van der Waals surface area contributed by atoms with Crippen LogP contribution in [0.25, 0.3) is 5.70 Å². The highest BCUT2D eigenvalue weighted by molar-refractivity contribution is 6.52. The van der Waals surface area contributed by atoms with Gasteiger partial charge in [-0.2, -0.15) is 0 Å². The number of hydrogen-bond donors (Lipinski definition) is 3. The van der Waals surface area contributed by atoms with Gasteiger partial charge in [0, 0.05) is 23.5 Å². The average Bonchev–Trinajstić information content (AvgIpc) is 2.27. The summed E-state index contributed by atoms with van der Waals surface area (Å²) in [6.45, 7) is 10.4. The number of aliphatic hydroxyl groups is 1. The van der Waals surface area contributed by atoms with Crippen LogP contribution in [0.15, 0.2) is 24.8 Å². The van der Waals surface area contributed by atoms with Crippen molar-refractivity contribution in [1.29, 1.82) is 0 Å². The van der Waals surface area contributed by atoms with Gasteiger partial charge in [-0.3, -0.25) is 0 Å². The first kappa shape index (κ1) is 14.6. The van der Waals surface area contributed by atoms with E-state index in [1.54, 1.807) is 0 Å². The fourth-order valence-corrected chi connectivity index (χ4v) is 1.92. The Morgan fingerprint density at radius 1 is 1.44 bits per heavy atom. The molecule has 0 unspecified atom stereocenters. The summed E-state index contributed by atoms with van der Waals surface area (Å²) in [6, 6.07) is 6.00. The summed E-state index contributed by atoms with van der Waals surface area (Å²) < 4.78 is 0. The van der Waals surface area contributed by atoms with Crippen LogP contribution in [0.3, 0.4) is 0 Å². The van der Waals surface area contributed by atoms with E-state index in [1.807, 2.05) is 26.0 Å². The maximum atomic E-state index is 9.02. The number of rotatable bonds is 6. The predicted octanol–water partition coefficient (Wildman–Crippen LogP) is 1.10. The molecule has 0 aliphatic heterocycles. The van der Waals surface area contributed by atoms with E-state index in [2.05, 4.69) is 24.8 Å². The van der Waals surface area contributed by atoms with E-state index in [-0.39, 0.29) is 12.1 Å². The summed E-state index contributed by atoms with van der Waals surface area (Å²) in [5.41, 5.74) is 9.52. The molecule has 0 heterocycles. The summed E-state index contributed by atoms with van der Waals surface area (Å²) >= 11 is 0. The third-order valence-electron chi connectivity index (χ3n) is 3.00. The molecule has 0 saturated heterocycles. The Kier molecular flexibility index (Phi) is 4.85. The first-order chi connectivity index (χ1) is 8.38. The monoisotopic (exact) mass is 246 g/mol. The molecular formula is C14H23BN2O. The van der Waals surface area contributed by atoms with Gasteiger partial charge in [0.1, 0.15) is 0 Å². The molecule has 0 aliphatic carbocycles. The summed E-state index contributed by atoms with van der Waals surface area (Å²) in [5, 5.41) is 12.4. The van der Waals surface area contributed by atoms with Crippen molar-refractivity contribution in [3.05, 3.63) is 30.3 Å². The fourth-order valence-electron chi connectivity index (χ4n) is 1.92. The Morgan fingerprint density at radius 2 is 2.11 bits per heavy atom. The van der Waals surface area contributed by atoms with E-state index in [0.29, 0.717) is 6.42 Å². The third kappa shape index (κ3) is 4.11. The topological polar surface area (TPSA) is 58.3 Å². The standard InChI is InChI=1S/C14H23BN2O/c1-10(17-14(2,3)5-6-18)11-7-12(15-4)9-13(16)8-11/h7-9,15,17-18H,1,5-6,16H2,2-4H3. The Balaban J connectivity index is 2.87. The van der Waals surface area contributed by atoms with Gasteiger partial charge >= 0.3 is 0 Å². The summed E-state index contributed by atoms with van der Waals surface area (Å²) in [7, 11) is 0.950. The lowest BCUT2D eigenvalue weighted by Gasteiger charge is -2.28. The lowest BCUT2D eigenvalue weighted by atomic mass is 9.72. The zero-order valence-corrected chi connectivity index (χ0v) is 11.6. The minimum atomic E-state index is -0.178. The minimum Gasteiger partial charge on any atom is -0.399 e. The Bertz CT molecular complexity index is 430. The molecule has 1 rings (SSSR count). The van der Waals surface area contributed by atoms with E-state index in [4.69, 9.17) is 10.8 Å². The minimum absolute atomic E-state index is 0.157. The molecule has 4 N–H and O–H groups in total. The van der Waals surface area contributed by atoms with Gasteiger partial charge in [0.2, 0.25) is 0 Å². The number of nitrogens with one attached hydrogen (secondary N) is 1. The van der Waals surface area contributed by atoms with Crippen LogP contribution in [0, 0.1) is 0 Å². The van der Waals surface area contributed by atoms with Crippen molar-refractivity contribution < 1.29 is 5.11 Å². The lowest BCUT2D eigenvalue weighted by molar-refractivity contribution is 0.243. The van der Waals surface area contributed by atoms with Crippen LogP contribution < -0.4 is 16.5 Å². The SMILES string of the molecule is C=C(NC(C)(C)CCO)c1cc(N)cc(BC)c1. The zero-order chi connectivity index (χ0) is 13.8. The van der Waals surface area contributed by atoms with Gasteiger partial charge in [-0.1, -0.05) is 24.9 Å². The first-order valence-electron chi connectivity index (χ1n) is 6.35. The normalized spacial score (nSPS) is 11.1. The van der Waals surface area contributed by atoms with Crippen molar-refractivity contribution >= 4 is 24.1 Å². The molecule has 4 heteroatoms. The molecule has 18 heavy (non-hydrogen) atoms. The van der Waals surface area contributed by atoms with Gasteiger partial charge in [-0.05, 0) is 38.0 Å². The third-order valence-corrected chi connectivity index (χ3v) is 3.00. The molecule has 0 bridgehead atoms. The van der Waals surface area contributed by atoms with E-state index < -0.39 is 0 Å². The van der Waals surface area contributed by atoms with Crippen LogP contribution in [-0.4, -0.2) is 24.5 Å². The molecule has 0 radical (unpaired) electrons. The second-order valence-corrected chi connectivity index (χ2v) is 5.28. The molecule has 0 spiro atoms. The van der Waals surface area contributed by atoms with Crippen LogP contribution in [0.5, 0.6) is 0 Å². The van der Waals surface area contributed by atoms with Gasteiger partial charge < -0.3 is 16.2 Å². The average molecular weight is 246 g/mol. The molecule has 0 fully saturated rings. The van der Waals surface area contributed by atoms with E-state index in [1.165, 1.54) is 5.46 Å². The molecule has 0 saturated carbocycles. The Labute approximate surface area is 110 Å². The van der Waals surface area contributed by atoms with Gasteiger partial charge in [0.05, 0.1) is 0 Å². The highest BCUT2D eigenvalue weighted by Gasteiger charge is 2.17. The molecule has 98 valence electrons. The van der Waals surface area contributed by atoms with Crippen LogP contribution in [-0.2, 0) is 0 Å². The van der Waals surface area contributed by atoms with Crippen molar-refractivity contribution in [1.82, 2.24) is 5.32 Å². The quantitative estimate of drug-likeness (QED) is 0.520. The molecule has 0 atom stereocenters. The van der Waals surface area contributed by atoms with Crippen molar-refractivity contribution in [3.63, 3.8) is 0 Å².